The lowest BCUT2D eigenvalue weighted by atomic mass is 10.2. The van der Waals surface area contributed by atoms with Crippen LogP contribution in [0.2, 0.25) is 0 Å². The van der Waals surface area contributed by atoms with Crippen LogP contribution in [0.1, 0.15) is 12.5 Å². The van der Waals surface area contributed by atoms with Crippen LogP contribution in [0.25, 0.3) is 0 Å². The molecule has 0 atom stereocenters. The normalized spacial score (nSPS) is 10.2. The Labute approximate surface area is 122 Å². The third-order valence-corrected chi connectivity index (χ3v) is 2.98. The van der Waals surface area contributed by atoms with Gasteiger partial charge in [-0.25, -0.2) is 4.39 Å². The van der Waals surface area contributed by atoms with Crippen LogP contribution in [0.4, 0.5) is 15.8 Å². The number of carbonyl (C=O) groups is 1. The Morgan fingerprint density at radius 1 is 1.24 bits per heavy atom. The van der Waals surface area contributed by atoms with Gasteiger partial charge in [0.1, 0.15) is 11.6 Å². The van der Waals surface area contributed by atoms with Crippen LogP contribution >= 0.6 is 0 Å². The van der Waals surface area contributed by atoms with Gasteiger partial charge < -0.3 is 15.8 Å². The van der Waals surface area contributed by atoms with E-state index >= 15 is 0 Å². The predicted molar refractivity (Wildman–Crippen MR) is 80.8 cm³/mol. The van der Waals surface area contributed by atoms with E-state index in [1.807, 2.05) is 24.3 Å². The summed E-state index contributed by atoms with van der Waals surface area (Å²) in [4.78, 5) is 11.7. The van der Waals surface area contributed by atoms with Crippen molar-refractivity contribution in [3.63, 3.8) is 0 Å². The molecule has 0 fully saturated rings. The number of nitrogens with one attached hydrogen (secondary N) is 1. The second-order valence-electron chi connectivity index (χ2n) is 4.57. The lowest BCUT2D eigenvalue weighted by Gasteiger charge is -2.08. The summed E-state index contributed by atoms with van der Waals surface area (Å²) in [7, 11) is 0. The maximum atomic E-state index is 13.0. The number of hydrogen-bond donors (Lipinski definition) is 2. The zero-order valence-corrected chi connectivity index (χ0v) is 11.7. The molecule has 2 aromatic carbocycles. The number of nitrogens with two attached hydrogens (primary N) is 1. The van der Waals surface area contributed by atoms with Gasteiger partial charge in [-0.15, -0.1) is 0 Å². The van der Waals surface area contributed by atoms with Crippen LogP contribution in [0, 0.1) is 5.82 Å². The van der Waals surface area contributed by atoms with E-state index in [9.17, 15) is 9.18 Å². The van der Waals surface area contributed by atoms with Crippen LogP contribution in [0.15, 0.2) is 42.5 Å². The molecule has 0 aromatic heterocycles. The molecule has 0 spiro atoms. The van der Waals surface area contributed by atoms with Crippen molar-refractivity contribution in [3.8, 4) is 5.75 Å². The summed E-state index contributed by atoms with van der Waals surface area (Å²) in [5.41, 5.74) is 7.06. The number of benzene rings is 2. The van der Waals surface area contributed by atoms with Gasteiger partial charge in [-0.3, -0.25) is 4.79 Å². The van der Waals surface area contributed by atoms with E-state index in [0.29, 0.717) is 11.4 Å². The van der Waals surface area contributed by atoms with Gasteiger partial charge in [-0.2, -0.15) is 0 Å². The SMILES string of the molecule is CCc1ccc(OCC(=O)Nc2ccc(F)c(N)c2)cc1. The van der Waals surface area contributed by atoms with Crippen LogP contribution < -0.4 is 15.8 Å². The Kier molecular flexibility index (Phi) is 4.77. The minimum absolute atomic E-state index is 0.0103. The van der Waals surface area contributed by atoms with Crippen molar-refractivity contribution in [2.45, 2.75) is 13.3 Å². The van der Waals surface area contributed by atoms with Crippen molar-refractivity contribution in [1.29, 1.82) is 0 Å². The average Bonchev–Trinajstić information content (AvgIpc) is 2.49. The maximum Gasteiger partial charge on any atom is 0.262 e. The van der Waals surface area contributed by atoms with Crippen molar-refractivity contribution >= 4 is 17.3 Å². The molecule has 0 radical (unpaired) electrons. The van der Waals surface area contributed by atoms with E-state index in [2.05, 4.69) is 12.2 Å². The van der Waals surface area contributed by atoms with E-state index in [-0.39, 0.29) is 18.2 Å². The Morgan fingerprint density at radius 2 is 1.95 bits per heavy atom. The van der Waals surface area contributed by atoms with E-state index in [1.54, 1.807) is 0 Å². The molecule has 3 N–H and O–H groups in total. The molecule has 4 nitrogen and oxygen atoms in total. The molecule has 21 heavy (non-hydrogen) atoms. The highest BCUT2D eigenvalue weighted by Crippen LogP contribution is 2.16. The summed E-state index contributed by atoms with van der Waals surface area (Å²) in [6.07, 6.45) is 0.951. The first-order chi connectivity index (χ1) is 10.1. The second-order valence-corrected chi connectivity index (χ2v) is 4.57. The molecule has 1 amide bonds. The third-order valence-electron chi connectivity index (χ3n) is 2.98. The lowest BCUT2D eigenvalue weighted by molar-refractivity contribution is -0.118. The standard InChI is InChI=1S/C16H17FN2O2/c1-2-11-3-6-13(7-4-11)21-10-16(20)19-12-5-8-14(17)15(18)9-12/h3-9H,2,10,18H2,1H3,(H,19,20). The predicted octanol–water partition coefficient (Wildman–Crippen LogP) is 2.99. The Hall–Kier alpha value is -2.56. The molecular formula is C16H17FN2O2. The fourth-order valence-corrected chi connectivity index (χ4v) is 1.79. The number of rotatable bonds is 5. The molecule has 0 aliphatic rings. The average molecular weight is 288 g/mol. The van der Waals surface area contributed by atoms with Gasteiger partial charge in [0.15, 0.2) is 6.61 Å². The summed E-state index contributed by atoms with van der Waals surface area (Å²) in [5, 5.41) is 2.59. The molecule has 0 saturated heterocycles. The van der Waals surface area contributed by atoms with Crippen molar-refractivity contribution in [2.75, 3.05) is 17.7 Å². The van der Waals surface area contributed by atoms with Crippen LogP contribution in [-0.2, 0) is 11.2 Å². The number of nitrogen functional groups attached to an aromatic ring is 1. The topological polar surface area (TPSA) is 64.3 Å². The number of hydrogen-bond acceptors (Lipinski definition) is 3. The first-order valence-corrected chi connectivity index (χ1v) is 6.65. The number of carbonyl (C=O) groups excluding carboxylic acids is 1. The Morgan fingerprint density at radius 3 is 2.57 bits per heavy atom. The number of ether oxygens (including phenoxy) is 1. The van der Waals surface area contributed by atoms with E-state index < -0.39 is 5.82 Å². The molecule has 0 aliphatic carbocycles. The summed E-state index contributed by atoms with van der Waals surface area (Å²) in [5.74, 6) is -0.221. The Bertz CT molecular complexity index is 627. The summed E-state index contributed by atoms with van der Waals surface area (Å²) < 4.78 is 18.4. The Balaban J connectivity index is 1.87. The summed E-state index contributed by atoms with van der Waals surface area (Å²) in [6.45, 7) is 1.94. The fourth-order valence-electron chi connectivity index (χ4n) is 1.79. The van der Waals surface area contributed by atoms with Gasteiger partial charge in [0.25, 0.3) is 5.91 Å². The van der Waals surface area contributed by atoms with Crippen LogP contribution in [-0.4, -0.2) is 12.5 Å². The maximum absolute atomic E-state index is 13.0. The molecule has 0 unspecified atom stereocenters. The third kappa shape index (κ3) is 4.21. The van der Waals surface area contributed by atoms with Crippen molar-refractivity contribution < 1.29 is 13.9 Å². The number of aryl methyl sites for hydroxylation is 1. The van der Waals surface area contributed by atoms with Gasteiger partial charge in [-0.05, 0) is 42.3 Å². The van der Waals surface area contributed by atoms with Gasteiger partial charge in [0.2, 0.25) is 0 Å². The highest BCUT2D eigenvalue weighted by atomic mass is 19.1. The molecule has 0 saturated carbocycles. The van der Waals surface area contributed by atoms with E-state index in [1.165, 1.54) is 23.8 Å². The first-order valence-electron chi connectivity index (χ1n) is 6.65. The molecule has 2 aromatic rings. The first kappa shape index (κ1) is 14.8. The van der Waals surface area contributed by atoms with Gasteiger partial charge >= 0.3 is 0 Å². The molecule has 2 rings (SSSR count). The summed E-state index contributed by atoms with van der Waals surface area (Å²) in [6, 6.07) is 11.6. The van der Waals surface area contributed by atoms with Crippen LogP contribution in [0.5, 0.6) is 5.75 Å². The van der Waals surface area contributed by atoms with E-state index in [0.717, 1.165) is 6.42 Å². The lowest BCUT2D eigenvalue weighted by Crippen LogP contribution is -2.20. The molecule has 0 heterocycles. The van der Waals surface area contributed by atoms with Crippen molar-refractivity contribution in [1.82, 2.24) is 0 Å². The summed E-state index contributed by atoms with van der Waals surface area (Å²) >= 11 is 0. The molecule has 0 bridgehead atoms. The number of amides is 1. The zero-order valence-electron chi connectivity index (χ0n) is 11.7. The monoisotopic (exact) mass is 288 g/mol. The highest BCUT2D eigenvalue weighted by Gasteiger charge is 2.06. The van der Waals surface area contributed by atoms with Gasteiger partial charge in [0, 0.05) is 5.69 Å². The second kappa shape index (κ2) is 6.74. The van der Waals surface area contributed by atoms with Crippen molar-refractivity contribution in [3.05, 3.63) is 53.8 Å². The zero-order chi connectivity index (χ0) is 15.2. The highest BCUT2D eigenvalue weighted by molar-refractivity contribution is 5.92. The van der Waals surface area contributed by atoms with Gasteiger partial charge in [0.05, 0.1) is 5.69 Å². The van der Waals surface area contributed by atoms with Gasteiger partial charge in [-0.1, -0.05) is 19.1 Å². The molecule has 0 aliphatic heterocycles. The molecule has 5 heteroatoms. The minimum atomic E-state index is -0.514. The largest absolute Gasteiger partial charge is 0.484 e. The molecular weight excluding hydrogens is 271 g/mol. The molecule has 110 valence electrons. The number of anilines is 2. The fraction of sp³-hybridized carbons (Fsp3) is 0.188. The number of halogens is 1. The minimum Gasteiger partial charge on any atom is -0.484 e. The van der Waals surface area contributed by atoms with Crippen LogP contribution in [0.3, 0.4) is 0 Å². The van der Waals surface area contributed by atoms with Crippen molar-refractivity contribution in [2.24, 2.45) is 0 Å². The van der Waals surface area contributed by atoms with E-state index in [4.69, 9.17) is 10.5 Å². The smallest absolute Gasteiger partial charge is 0.262 e. The quantitative estimate of drug-likeness (QED) is 0.831.